The molecule has 2 unspecified atom stereocenters. The van der Waals surface area contributed by atoms with Crippen LogP contribution < -0.4 is 0 Å². The molecule has 0 bridgehead atoms. The van der Waals surface area contributed by atoms with E-state index in [0.29, 0.717) is 18.8 Å². The van der Waals surface area contributed by atoms with Gasteiger partial charge in [-0.1, -0.05) is 19.9 Å². The van der Waals surface area contributed by atoms with E-state index in [9.17, 15) is 9.59 Å². The normalized spacial score (nSPS) is 34.1. The quantitative estimate of drug-likeness (QED) is 0.511. The van der Waals surface area contributed by atoms with Crippen molar-refractivity contribution < 1.29 is 9.59 Å². The SMILES string of the molecule is C=CC1CC1N1C(=O)CCC(C)(C)C1=O. The summed E-state index contributed by atoms with van der Waals surface area (Å²) in [7, 11) is 0. The molecular formula is C12H17NO2. The van der Waals surface area contributed by atoms with Crippen LogP contribution in [-0.4, -0.2) is 22.8 Å². The fourth-order valence-electron chi connectivity index (χ4n) is 2.17. The standard InChI is InChI=1S/C12H17NO2/c1-4-8-7-9(8)13-10(14)5-6-12(2,3)11(13)15/h4,8-9H,1,5-7H2,2-3H3. The zero-order valence-electron chi connectivity index (χ0n) is 9.32. The lowest BCUT2D eigenvalue weighted by Gasteiger charge is -2.35. The molecule has 15 heavy (non-hydrogen) atoms. The van der Waals surface area contributed by atoms with Crippen LogP contribution in [0.2, 0.25) is 0 Å². The van der Waals surface area contributed by atoms with Gasteiger partial charge in [0.2, 0.25) is 11.8 Å². The van der Waals surface area contributed by atoms with Gasteiger partial charge in [0.05, 0.1) is 0 Å². The summed E-state index contributed by atoms with van der Waals surface area (Å²) >= 11 is 0. The molecule has 0 N–H and O–H groups in total. The lowest BCUT2D eigenvalue weighted by Crippen LogP contribution is -2.50. The second-order valence-electron chi connectivity index (χ2n) is 5.16. The van der Waals surface area contributed by atoms with Crippen molar-refractivity contribution in [2.24, 2.45) is 11.3 Å². The Hall–Kier alpha value is -1.12. The van der Waals surface area contributed by atoms with E-state index in [1.165, 1.54) is 4.90 Å². The predicted octanol–water partition coefficient (Wildman–Crippen LogP) is 1.74. The van der Waals surface area contributed by atoms with Crippen LogP contribution in [0.4, 0.5) is 0 Å². The first kappa shape index (κ1) is 10.4. The highest BCUT2D eigenvalue weighted by Crippen LogP contribution is 2.42. The molecule has 1 saturated carbocycles. The Morgan fingerprint density at radius 1 is 1.47 bits per heavy atom. The third kappa shape index (κ3) is 1.60. The number of carbonyl (C=O) groups excluding carboxylic acids is 2. The first-order chi connectivity index (χ1) is 6.97. The molecule has 0 aromatic heterocycles. The van der Waals surface area contributed by atoms with Gasteiger partial charge in [-0.3, -0.25) is 14.5 Å². The number of hydrogen-bond donors (Lipinski definition) is 0. The Labute approximate surface area is 90.1 Å². The first-order valence-corrected chi connectivity index (χ1v) is 5.46. The molecule has 1 aliphatic carbocycles. The zero-order valence-corrected chi connectivity index (χ0v) is 9.32. The van der Waals surface area contributed by atoms with E-state index in [4.69, 9.17) is 0 Å². The fraction of sp³-hybridized carbons (Fsp3) is 0.667. The van der Waals surface area contributed by atoms with Crippen molar-refractivity contribution in [3.8, 4) is 0 Å². The first-order valence-electron chi connectivity index (χ1n) is 5.46. The molecule has 2 fully saturated rings. The van der Waals surface area contributed by atoms with Crippen LogP contribution in [-0.2, 0) is 9.59 Å². The summed E-state index contributed by atoms with van der Waals surface area (Å²) in [5, 5.41) is 0. The lowest BCUT2D eigenvalue weighted by atomic mass is 9.82. The van der Waals surface area contributed by atoms with Gasteiger partial charge in [-0.2, -0.15) is 0 Å². The molecule has 3 nitrogen and oxygen atoms in total. The van der Waals surface area contributed by atoms with Crippen LogP contribution in [0.1, 0.15) is 33.1 Å². The van der Waals surface area contributed by atoms with Crippen molar-refractivity contribution in [2.75, 3.05) is 0 Å². The summed E-state index contributed by atoms with van der Waals surface area (Å²) in [4.78, 5) is 25.3. The van der Waals surface area contributed by atoms with Crippen LogP contribution in [0.25, 0.3) is 0 Å². The van der Waals surface area contributed by atoms with E-state index in [2.05, 4.69) is 6.58 Å². The van der Waals surface area contributed by atoms with E-state index in [1.54, 1.807) is 0 Å². The number of piperidine rings is 1. The van der Waals surface area contributed by atoms with Gasteiger partial charge in [0, 0.05) is 17.9 Å². The van der Waals surface area contributed by atoms with Crippen molar-refractivity contribution in [1.29, 1.82) is 0 Å². The Morgan fingerprint density at radius 2 is 2.13 bits per heavy atom. The van der Waals surface area contributed by atoms with Crippen molar-refractivity contribution in [3.05, 3.63) is 12.7 Å². The Balaban J connectivity index is 2.18. The van der Waals surface area contributed by atoms with Crippen molar-refractivity contribution in [2.45, 2.75) is 39.2 Å². The van der Waals surface area contributed by atoms with Crippen LogP contribution in [0.3, 0.4) is 0 Å². The summed E-state index contributed by atoms with van der Waals surface area (Å²) in [6, 6.07) is 0.0991. The summed E-state index contributed by atoms with van der Waals surface area (Å²) < 4.78 is 0. The molecular weight excluding hydrogens is 190 g/mol. The van der Waals surface area contributed by atoms with E-state index >= 15 is 0 Å². The maximum Gasteiger partial charge on any atom is 0.235 e. The lowest BCUT2D eigenvalue weighted by molar-refractivity contribution is -0.156. The second kappa shape index (κ2) is 3.19. The molecule has 1 aliphatic heterocycles. The highest BCUT2D eigenvalue weighted by atomic mass is 16.2. The summed E-state index contributed by atoms with van der Waals surface area (Å²) in [6.07, 6.45) is 3.91. The molecule has 2 aliphatic rings. The van der Waals surface area contributed by atoms with Gasteiger partial charge in [0.25, 0.3) is 0 Å². The summed E-state index contributed by atoms with van der Waals surface area (Å²) in [5.41, 5.74) is -0.373. The molecule has 2 amide bonds. The van der Waals surface area contributed by atoms with E-state index in [0.717, 1.165) is 6.42 Å². The monoisotopic (exact) mass is 207 g/mol. The smallest absolute Gasteiger partial charge is 0.235 e. The highest BCUT2D eigenvalue weighted by Gasteiger charge is 2.50. The molecule has 3 heteroatoms. The van der Waals surface area contributed by atoms with E-state index in [-0.39, 0.29) is 23.3 Å². The largest absolute Gasteiger partial charge is 0.278 e. The number of imide groups is 1. The minimum atomic E-state index is -0.373. The van der Waals surface area contributed by atoms with Gasteiger partial charge in [0.1, 0.15) is 0 Å². The molecule has 82 valence electrons. The molecule has 0 radical (unpaired) electrons. The van der Waals surface area contributed by atoms with E-state index in [1.807, 2.05) is 19.9 Å². The van der Waals surface area contributed by atoms with Crippen molar-refractivity contribution >= 4 is 11.8 Å². The summed E-state index contributed by atoms with van der Waals surface area (Å²) in [5.74, 6) is 0.313. The number of likely N-dealkylation sites (tertiary alicyclic amines) is 1. The minimum absolute atomic E-state index is 0.00586. The van der Waals surface area contributed by atoms with Gasteiger partial charge in [-0.05, 0) is 18.8 Å². The van der Waals surface area contributed by atoms with Gasteiger partial charge in [-0.15, -0.1) is 6.58 Å². The molecule has 1 saturated heterocycles. The zero-order chi connectivity index (χ0) is 11.2. The summed E-state index contributed by atoms with van der Waals surface area (Å²) in [6.45, 7) is 7.54. The molecule has 1 heterocycles. The maximum absolute atomic E-state index is 12.1. The Bertz CT molecular complexity index is 333. The van der Waals surface area contributed by atoms with Gasteiger partial charge in [0.15, 0.2) is 0 Å². The topological polar surface area (TPSA) is 37.4 Å². The van der Waals surface area contributed by atoms with E-state index < -0.39 is 0 Å². The number of hydrogen-bond acceptors (Lipinski definition) is 2. The third-order valence-corrected chi connectivity index (χ3v) is 3.47. The highest BCUT2D eigenvalue weighted by molar-refractivity contribution is 6.01. The number of nitrogens with zero attached hydrogens (tertiary/aromatic N) is 1. The Morgan fingerprint density at radius 3 is 2.67 bits per heavy atom. The van der Waals surface area contributed by atoms with Gasteiger partial charge >= 0.3 is 0 Å². The van der Waals surface area contributed by atoms with Crippen LogP contribution in [0.15, 0.2) is 12.7 Å². The molecule has 0 aromatic carbocycles. The average molecular weight is 207 g/mol. The van der Waals surface area contributed by atoms with Crippen molar-refractivity contribution in [1.82, 2.24) is 4.90 Å². The molecule has 2 atom stereocenters. The Kier molecular flexibility index (Phi) is 2.21. The fourth-order valence-corrected chi connectivity index (χ4v) is 2.17. The predicted molar refractivity (Wildman–Crippen MR) is 57.0 cm³/mol. The minimum Gasteiger partial charge on any atom is -0.278 e. The van der Waals surface area contributed by atoms with Gasteiger partial charge in [-0.25, -0.2) is 0 Å². The number of carbonyl (C=O) groups is 2. The maximum atomic E-state index is 12.1. The van der Waals surface area contributed by atoms with Crippen LogP contribution in [0, 0.1) is 11.3 Å². The third-order valence-electron chi connectivity index (χ3n) is 3.47. The average Bonchev–Trinajstić information content (AvgIpc) is 2.93. The molecule has 2 rings (SSSR count). The number of amides is 2. The molecule has 0 spiro atoms. The van der Waals surface area contributed by atoms with Crippen LogP contribution in [0.5, 0.6) is 0 Å². The number of rotatable bonds is 2. The molecule has 0 aromatic rings. The van der Waals surface area contributed by atoms with Crippen molar-refractivity contribution in [3.63, 3.8) is 0 Å². The van der Waals surface area contributed by atoms with Gasteiger partial charge < -0.3 is 0 Å². The second-order valence-corrected chi connectivity index (χ2v) is 5.16. The van der Waals surface area contributed by atoms with Crippen LogP contribution >= 0.6 is 0 Å².